The Morgan fingerprint density at radius 2 is 1.47 bits per heavy atom. The van der Waals surface area contributed by atoms with Crippen LogP contribution >= 0.6 is 0 Å². The molecule has 0 heterocycles. The minimum atomic E-state index is -5.80. The van der Waals surface area contributed by atoms with E-state index < -0.39 is 18.0 Å². The van der Waals surface area contributed by atoms with Crippen LogP contribution in [-0.4, -0.2) is 23.1 Å². The quantitative estimate of drug-likeness (QED) is 0.307. The van der Waals surface area contributed by atoms with Crippen molar-refractivity contribution in [3.8, 4) is 0 Å². The first-order chi connectivity index (χ1) is 15.7. The van der Waals surface area contributed by atoms with Crippen molar-refractivity contribution in [1.82, 2.24) is 0 Å². The lowest BCUT2D eigenvalue weighted by atomic mass is 9.44. The van der Waals surface area contributed by atoms with Gasteiger partial charge in [-0.2, -0.15) is 26.3 Å². The highest BCUT2D eigenvalue weighted by atomic mass is 19.4. The first-order valence-corrected chi connectivity index (χ1v) is 13.2. The Bertz CT molecular complexity index is 758. The maximum atomic E-state index is 13.0. The number of aliphatic hydroxyl groups is 1. The highest BCUT2D eigenvalue weighted by molar-refractivity contribution is 5.12. The molecular weight excluding hydrogens is 454 g/mol. The van der Waals surface area contributed by atoms with Crippen LogP contribution in [0.5, 0.6) is 0 Å². The molecule has 0 aliphatic heterocycles. The van der Waals surface area contributed by atoms with Gasteiger partial charge in [0.1, 0.15) is 0 Å². The second-order valence-corrected chi connectivity index (χ2v) is 12.5. The van der Waals surface area contributed by atoms with Crippen molar-refractivity contribution in [2.24, 2.45) is 46.3 Å². The van der Waals surface area contributed by atoms with E-state index >= 15 is 0 Å². The first kappa shape index (κ1) is 26.3. The number of hydrogen-bond acceptors (Lipinski definition) is 1. The van der Waals surface area contributed by atoms with Gasteiger partial charge in [-0.15, -0.1) is 0 Å². The van der Waals surface area contributed by atoms with Crippen LogP contribution in [0.3, 0.4) is 0 Å². The van der Waals surface area contributed by atoms with Crippen molar-refractivity contribution in [2.75, 3.05) is 0 Å². The highest BCUT2D eigenvalue weighted by Crippen LogP contribution is 2.68. The summed E-state index contributed by atoms with van der Waals surface area (Å²) in [5.74, 6) is 3.15. The molecule has 7 heteroatoms. The molecule has 4 rings (SSSR count). The number of hydrogen-bond donors (Lipinski definition) is 1. The zero-order valence-electron chi connectivity index (χ0n) is 20.6. The van der Waals surface area contributed by atoms with Gasteiger partial charge in [0.05, 0.1) is 0 Å². The Labute approximate surface area is 199 Å². The highest BCUT2D eigenvalue weighted by Gasteiger charge is 2.69. The van der Waals surface area contributed by atoms with E-state index in [-0.39, 0.29) is 29.7 Å². The maximum absolute atomic E-state index is 13.0. The molecule has 0 spiro atoms. The fraction of sp³-hybridized carbons (Fsp3) is 0.926. The summed E-state index contributed by atoms with van der Waals surface area (Å²) in [7, 11) is 0. The van der Waals surface area contributed by atoms with E-state index in [2.05, 4.69) is 13.8 Å². The molecular formula is C27H40F6O. The summed E-state index contributed by atoms with van der Waals surface area (Å²) in [6.45, 7) is 6.82. The van der Waals surface area contributed by atoms with E-state index in [1.165, 1.54) is 44.9 Å². The van der Waals surface area contributed by atoms with Gasteiger partial charge in [-0.3, -0.25) is 0 Å². The van der Waals surface area contributed by atoms with Gasteiger partial charge < -0.3 is 5.11 Å². The second kappa shape index (κ2) is 8.69. The van der Waals surface area contributed by atoms with Crippen LogP contribution in [0.25, 0.3) is 0 Å². The summed E-state index contributed by atoms with van der Waals surface area (Å²) in [6, 6.07) is 0. The van der Waals surface area contributed by atoms with Crippen LogP contribution in [-0.2, 0) is 0 Å². The third-order valence-electron chi connectivity index (χ3n) is 11.1. The molecule has 0 bridgehead atoms. The number of fused-ring (bicyclic) bond motifs is 5. The van der Waals surface area contributed by atoms with Crippen LogP contribution in [0.15, 0.2) is 12.2 Å². The monoisotopic (exact) mass is 494 g/mol. The molecule has 0 aromatic rings. The molecule has 4 aliphatic rings. The number of halogens is 6. The minimum Gasteiger partial charge on any atom is -0.370 e. The third kappa shape index (κ3) is 4.04. The van der Waals surface area contributed by atoms with Gasteiger partial charge >= 0.3 is 12.4 Å². The third-order valence-corrected chi connectivity index (χ3v) is 11.1. The molecule has 4 aliphatic carbocycles. The van der Waals surface area contributed by atoms with Crippen molar-refractivity contribution >= 4 is 0 Å². The first-order valence-electron chi connectivity index (χ1n) is 13.2. The summed E-state index contributed by atoms with van der Waals surface area (Å²) < 4.78 is 78.0. The second-order valence-electron chi connectivity index (χ2n) is 12.5. The molecule has 4 fully saturated rings. The predicted molar refractivity (Wildman–Crippen MR) is 120 cm³/mol. The van der Waals surface area contributed by atoms with Crippen molar-refractivity contribution in [3.05, 3.63) is 12.2 Å². The van der Waals surface area contributed by atoms with E-state index in [4.69, 9.17) is 0 Å². The van der Waals surface area contributed by atoms with E-state index in [1.54, 1.807) is 0 Å². The maximum Gasteiger partial charge on any atom is 0.429 e. The molecule has 8 atom stereocenters. The predicted octanol–water partition coefficient (Wildman–Crippen LogP) is 8.47. The van der Waals surface area contributed by atoms with E-state index in [1.807, 2.05) is 6.92 Å². The van der Waals surface area contributed by atoms with Gasteiger partial charge in [0, 0.05) is 0 Å². The normalized spacial score (nSPS) is 42.2. The molecule has 0 radical (unpaired) electrons. The van der Waals surface area contributed by atoms with E-state index in [9.17, 15) is 31.4 Å². The van der Waals surface area contributed by atoms with Crippen LogP contribution in [0.4, 0.5) is 26.3 Å². The molecule has 0 aromatic carbocycles. The Hall–Kier alpha value is -0.720. The van der Waals surface area contributed by atoms with Gasteiger partial charge in [0.15, 0.2) is 0 Å². The van der Waals surface area contributed by atoms with Gasteiger partial charge in [-0.25, -0.2) is 0 Å². The summed E-state index contributed by atoms with van der Waals surface area (Å²) in [5, 5.41) is 9.41. The van der Waals surface area contributed by atoms with Crippen molar-refractivity contribution in [2.45, 2.75) is 109 Å². The standard InChI is InChI=1S/C27H40F6O/c1-17(7-6-15-25(34,26(28,29)30)27(31,32)33)20-11-12-21-19-10-9-18-8-4-5-14-23(18,2)22(19)13-16-24(20,21)3/h6,15,17-22,34H,4-5,7-14,16H2,1-3H3/b15-6+. The summed E-state index contributed by atoms with van der Waals surface area (Å²) >= 11 is 0. The molecule has 4 saturated carbocycles. The topological polar surface area (TPSA) is 20.2 Å². The Morgan fingerprint density at radius 3 is 2.12 bits per heavy atom. The summed E-state index contributed by atoms with van der Waals surface area (Å²) in [6.07, 6.45) is 1.67. The molecule has 1 nitrogen and oxygen atoms in total. The van der Waals surface area contributed by atoms with Gasteiger partial charge in [-0.05, 0) is 110 Å². The lowest BCUT2D eigenvalue weighted by Gasteiger charge is -2.61. The summed E-state index contributed by atoms with van der Waals surface area (Å²) in [5.41, 5.74) is -4.26. The number of allylic oxidation sites excluding steroid dienone is 1. The lowest BCUT2D eigenvalue weighted by Crippen LogP contribution is -2.55. The fourth-order valence-electron chi connectivity index (χ4n) is 9.24. The minimum absolute atomic E-state index is 0.0323. The van der Waals surface area contributed by atoms with E-state index in [0.717, 1.165) is 37.2 Å². The average molecular weight is 495 g/mol. The molecule has 196 valence electrons. The molecule has 34 heavy (non-hydrogen) atoms. The van der Waals surface area contributed by atoms with Crippen LogP contribution in [0, 0.1) is 46.3 Å². The van der Waals surface area contributed by atoms with Crippen LogP contribution < -0.4 is 0 Å². The Balaban J connectivity index is 1.47. The van der Waals surface area contributed by atoms with Gasteiger partial charge in [0.25, 0.3) is 5.60 Å². The summed E-state index contributed by atoms with van der Waals surface area (Å²) in [4.78, 5) is 0. The van der Waals surface area contributed by atoms with Gasteiger partial charge in [0.2, 0.25) is 0 Å². The number of alkyl halides is 6. The zero-order valence-corrected chi connectivity index (χ0v) is 20.6. The fourth-order valence-corrected chi connectivity index (χ4v) is 9.24. The molecule has 1 N–H and O–H groups in total. The molecule has 0 amide bonds. The molecule has 0 saturated heterocycles. The van der Waals surface area contributed by atoms with Crippen LogP contribution in [0.2, 0.25) is 0 Å². The Morgan fingerprint density at radius 1 is 0.824 bits per heavy atom. The zero-order chi connectivity index (χ0) is 25.2. The molecule has 0 aromatic heterocycles. The number of rotatable bonds is 4. The van der Waals surface area contributed by atoms with Crippen molar-refractivity contribution < 1.29 is 31.4 Å². The lowest BCUT2D eigenvalue weighted by molar-refractivity contribution is -0.347. The van der Waals surface area contributed by atoms with Crippen molar-refractivity contribution in [3.63, 3.8) is 0 Å². The Kier molecular flexibility index (Phi) is 6.74. The molecule has 8 unspecified atom stereocenters. The van der Waals surface area contributed by atoms with Crippen LogP contribution in [0.1, 0.15) is 91.4 Å². The largest absolute Gasteiger partial charge is 0.429 e. The smallest absolute Gasteiger partial charge is 0.370 e. The average Bonchev–Trinajstić information content (AvgIpc) is 3.08. The van der Waals surface area contributed by atoms with Crippen molar-refractivity contribution in [1.29, 1.82) is 0 Å². The van der Waals surface area contributed by atoms with Gasteiger partial charge in [-0.1, -0.05) is 39.7 Å². The van der Waals surface area contributed by atoms with E-state index in [0.29, 0.717) is 17.3 Å². The SMILES string of the molecule is CC(C/C=C/C(O)(C(F)(F)F)C(F)(F)F)C1CCC2C3CCC4CCCCC4(C)C3CCC12C.